The number of aromatic nitrogens is 2. The van der Waals surface area contributed by atoms with Crippen LogP contribution in [0, 0.1) is 0 Å². The lowest BCUT2D eigenvalue weighted by Crippen LogP contribution is -2.27. The Bertz CT molecular complexity index is 1510. The molecule has 1 aliphatic heterocycles. The quantitative estimate of drug-likeness (QED) is 0.286. The fourth-order valence-corrected chi connectivity index (χ4v) is 4.63. The zero-order valence-corrected chi connectivity index (χ0v) is 22.1. The van der Waals surface area contributed by atoms with Crippen molar-refractivity contribution in [1.82, 2.24) is 14.7 Å². The highest BCUT2D eigenvalue weighted by Gasteiger charge is 2.21. The van der Waals surface area contributed by atoms with Crippen LogP contribution in [0.5, 0.6) is 11.5 Å². The van der Waals surface area contributed by atoms with Crippen LogP contribution in [0.15, 0.2) is 83.8 Å². The van der Waals surface area contributed by atoms with Crippen LogP contribution in [0.2, 0.25) is 5.02 Å². The number of nitrogens with zero attached hydrogens (tertiary/aromatic N) is 3. The van der Waals surface area contributed by atoms with E-state index in [0.717, 1.165) is 25.9 Å². The van der Waals surface area contributed by atoms with Crippen LogP contribution >= 0.6 is 11.6 Å². The number of halogens is 1. The number of hydrogen-bond donors (Lipinski definition) is 1. The molecule has 0 spiro atoms. The van der Waals surface area contributed by atoms with Gasteiger partial charge in [-0.3, -0.25) is 9.59 Å². The van der Waals surface area contributed by atoms with Crippen molar-refractivity contribution in [1.29, 1.82) is 0 Å². The van der Waals surface area contributed by atoms with Gasteiger partial charge in [0.2, 0.25) is 0 Å². The van der Waals surface area contributed by atoms with Crippen molar-refractivity contribution in [2.24, 2.45) is 0 Å². The first kappa shape index (κ1) is 25.5. The summed E-state index contributed by atoms with van der Waals surface area (Å²) in [5, 5.41) is 8.04. The van der Waals surface area contributed by atoms with Crippen molar-refractivity contribution in [3.63, 3.8) is 0 Å². The molecular weight excluding hydrogens is 500 g/mol. The molecule has 8 heteroatoms. The SMILES string of the molecule is CC(C)c1ccc(Oc2cnn(-c3cccc(Cl)c3)c(=O)c2Nc2cccc(C(=O)N3CCCC3)c2)cc1. The highest BCUT2D eigenvalue weighted by molar-refractivity contribution is 6.30. The van der Waals surface area contributed by atoms with Crippen molar-refractivity contribution in [2.75, 3.05) is 18.4 Å². The summed E-state index contributed by atoms with van der Waals surface area (Å²) >= 11 is 6.17. The van der Waals surface area contributed by atoms with E-state index in [1.54, 1.807) is 42.5 Å². The number of carbonyl (C=O) groups excluding carboxylic acids is 1. The molecule has 194 valence electrons. The topological polar surface area (TPSA) is 76.5 Å². The van der Waals surface area contributed by atoms with E-state index < -0.39 is 5.56 Å². The van der Waals surface area contributed by atoms with Gasteiger partial charge in [-0.25, -0.2) is 0 Å². The maximum Gasteiger partial charge on any atom is 0.299 e. The smallest absolute Gasteiger partial charge is 0.299 e. The second-order valence-electron chi connectivity index (χ2n) is 9.61. The van der Waals surface area contributed by atoms with E-state index in [9.17, 15) is 9.59 Å². The lowest BCUT2D eigenvalue weighted by atomic mass is 10.0. The number of hydrogen-bond acceptors (Lipinski definition) is 5. The zero-order valence-electron chi connectivity index (χ0n) is 21.4. The molecule has 0 atom stereocenters. The monoisotopic (exact) mass is 528 g/mol. The molecule has 0 radical (unpaired) electrons. The van der Waals surface area contributed by atoms with Gasteiger partial charge in [-0.15, -0.1) is 0 Å². The summed E-state index contributed by atoms with van der Waals surface area (Å²) in [6.45, 7) is 5.78. The summed E-state index contributed by atoms with van der Waals surface area (Å²) in [4.78, 5) is 28.5. The van der Waals surface area contributed by atoms with Crippen molar-refractivity contribution >= 4 is 28.9 Å². The van der Waals surface area contributed by atoms with Crippen molar-refractivity contribution in [3.05, 3.63) is 105 Å². The number of nitrogens with one attached hydrogen (secondary N) is 1. The third kappa shape index (κ3) is 5.58. The lowest BCUT2D eigenvalue weighted by Gasteiger charge is -2.17. The van der Waals surface area contributed by atoms with E-state index in [1.807, 2.05) is 35.2 Å². The van der Waals surface area contributed by atoms with E-state index in [0.29, 0.717) is 33.6 Å². The molecule has 1 fully saturated rings. The number of anilines is 2. The average Bonchev–Trinajstić information content (AvgIpc) is 3.46. The van der Waals surface area contributed by atoms with E-state index in [2.05, 4.69) is 24.3 Å². The average molecular weight is 529 g/mol. The maximum atomic E-state index is 13.7. The number of likely N-dealkylation sites (tertiary alicyclic amines) is 1. The Hall–Kier alpha value is -4.10. The number of ether oxygens (including phenoxy) is 1. The largest absolute Gasteiger partial charge is 0.453 e. The number of rotatable bonds is 7. The summed E-state index contributed by atoms with van der Waals surface area (Å²) < 4.78 is 7.40. The Morgan fingerprint density at radius 1 is 1.00 bits per heavy atom. The van der Waals surface area contributed by atoms with Crippen LogP contribution in [0.4, 0.5) is 11.4 Å². The molecule has 0 saturated carbocycles. The molecule has 38 heavy (non-hydrogen) atoms. The summed E-state index contributed by atoms with van der Waals surface area (Å²) in [6.07, 6.45) is 3.53. The predicted molar refractivity (Wildman–Crippen MR) is 150 cm³/mol. The molecule has 2 heterocycles. The summed E-state index contributed by atoms with van der Waals surface area (Å²) in [6, 6.07) is 21.8. The first-order chi connectivity index (χ1) is 18.4. The fraction of sp³-hybridized carbons (Fsp3) is 0.233. The summed E-state index contributed by atoms with van der Waals surface area (Å²) in [5.74, 6) is 1.22. The predicted octanol–water partition coefficient (Wildman–Crippen LogP) is 6.78. The zero-order chi connectivity index (χ0) is 26.6. The van der Waals surface area contributed by atoms with Crippen molar-refractivity contribution < 1.29 is 9.53 Å². The normalized spacial score (nSPS) is 13.1. The van der Waals surface area contributed by atoms with Gasteiger partial charge in [0.1, 0.15) is 5.75 Å². The first-order valence-corrected chi connectivity index (χ1v) is 13.1. The minimum absolute atomic E-state index is 0.0149. The Morgan fingerprint density at radius 3 is 2.45 bits per heavy atom. The van der Waals surface area contributed by atoms with Gasteiger partial charge in [0.25, 0.3) is 11.5 Å². The Morgan fingerprint density at radius 2 is 1.74 bits per heavy atom. The van der Waals surface area contributed by atoms with Crippen LogP contribution in [0.1, 0.15) is 48.5 Å². The minimum Gasteiger partial charge on any atom is -0.453 e. The first-order valence-electron chi connectivity index (χ1n) is 12.7. The molecule has 1 aliphatic rings. The Labute approximate surface area is 226 Å². The molecule has 3 aromatic carbocycles. The molecule has 0 unspecified atom stereocenters. The van der Waals surface area contributed by atoms with Gasteiger partial charge in [0, 0.05) is 29.4 Å². The van der Waals surface area contributed by atoms with Crippen LogP contribution in [0.3, 0.4) is 0 Å². The third-order valence-electron chi connectivity index (χ3n) is 6.54. The van der Waals surface area contributed by atoms with Gasteiger partial charge in [0.15, 0.2) is 11.4 Å². The molecule has 1 aromatic heterocycles. The van der Waals surface area contributed by atoms with Gasteiger partial charge in [-0.1, -0.05) is 49.7 Å². The van der Waals surface area contributed by atoms with Crippen LogP contribution in [0.25, 0.3) is 5.69 Å². The van der Waals surface area contributed by atoms with Gasteiger partial charge in [-0.2, -0.15) is 9.78 Å². The second-order valence-corrected chi connectivity index (χ2v) is 10.0. The van der Waals surface area contributed by atoms with E-state index in [1.165, 1.54) is 16.4 Å². The third-order valence-corrected chi connectivity index (χ3v) is 6.78. The van der Waals surface area contributed by atoms with Crippen molar-refractivity contribution in [2.45, 2.75) is 32.6 Å². The summed E-state index contributed by atoms with van der Waals surface area (Å²) in [5.41, 5.74) is 2.64. The molecule has 0 aliphatic carbocycles. The highest BCUT2D eigenvalue weighted by Crippen LogP contribution is 2.30. The Balaban J connectivity index is 1.52. The van der Waals surface area contributed by atoms with Gasteiger partial charge in [0.05, 0.1) is 11.9 Å². The number of amides is 1. The van der Waals surface area contributed by atoms with E-state index >= 15 is 0 Å². The molecule has 1 saturated heterocycles. The molecule has 0 bridgehead atoms. The van der Waals surface area contributed by atoms with Crippen molar-refractivity contribution in [3.8, 4) is 17.2 Å². The Kier molecular flexibility index (Phi) is 7.47. The minimum atomic E-state index is -0.417. The fourth-order valence-electron chi connectivity index (χ4n) is 4.45. The molecule has 4 aromatic rings. The van der Waals surface area contributed by atoms with Crippen LogP contribution in [-0.4, -0.2) is 33.7 Å². The second kappa shape index (κ2) is 11.1. The van der Waals surface area contributed by atoms with E-state index in [4.69, 9.17) is 16.3 Å². The lowest BCUT2D eigenvalue weighted by molar-refractivity contribution is 0.0793. The molecule has 7 nitrogen and oxygen atoms in total. The van der Waals surface area contributed by atoms with E-state index in [-0.39, 0.29) is 17.3 Å². The van der Waals surface area contributed by atoms with Crippen LogP contribution < -0.4 is 15.6 Å². The maximum absolute atomic E-state index is 13.7. The van der Waals surface area contributed by atoms with Gasteiger partial charge < -0.3 is 15.0 Å². The number of benzene rings is 3. The molecule has 1 N–H and O–H groups in total. The molecular formula is C30H29ClN4O3. The number of carbonyl (C=O) groups is 1. The van der Waals surface area contributed by atoms with Crippen LogP contribution in [-0.2, 0) is 0 Å². The highest BCUT2D eigenvalue weighted by atomic mass is 35.5. The summed E-state index contributed by atoms with van der Waals surface area (Å²) in [7, 11) is 0. The van der Waals surface area contributed by atoms with Gasteiger partial charge in [-0.05, 0) is 72.9 Å². The van der Waals surface area contributed by atoms with Gasteiger partial charge >= 0.3 is 0 Å². The standard InChI is InChI=1S/C30H29ClN4O3/c1-20(2)21-11-13-26(14-12-21)38-27-19-32-35(25-10-6-8-23(31)18-25)30(37)28(27)33-24-9-5-7-22(17-24)29(36)34-15-3-4-16-34/h5-14,17-20,33H,3-4,15-16H2,1-2H3. The molecule has 1 amide bonds. The molecule has 5 rings (SSSR count).